The summed E-state index contributed by atoms with van der Waals surface area (Å²) in [7, 11) is 0. The normalized spacial score (nSPS) is 34.5. The highest BCUT2D eigenvalue weighted by atomic mass is 16.5. The SMILES string of the molecule is CC1CC(NC(=O)NCC2(O)CCC2)CC(C)O1. The first-order valence-electron chi connectivity index (χ1n) is 6.89. The second-order valence-corrected chi connectivity index (χ2v) is 5.83. The van der Waals surface area contributed by atoms with Gasteiger partial charge < -0.3 is 20.5 Å². The molecule has 1 aliphatic carbocycles. The number of urea groups is 1. The molecule has 1 heterocycles. The lowest BCUT2D eigenvalue weighted by Crippen LogP contribution is -2.53. The fraction of sp³-hybridized carbons (Fsp3) is 0.923. The minimum absolute atomic E-state index is 0.166. The molecular formula is C13H24N2O3. The Morgan fingerprint density at radius 3 is 2.44 bits per heavy atom. The van der Waals surface area contributed by atoms with Gasteiger partial charge in [0, 0.05) is 12.6 Å². The van der Waals surface area contributed by atoms with E-state index in [2.05, 4.69) is 10.6 Å². The van der Waals surface area contributed by atoms with E-state index in [1.807, 2.05) is 13.8 Å². The van der Waals surface area contributed by atoms with E-state index in [1.165, 1.54) is 0 Å². The molecule has 0 spiro atoms. The molecule has 2 atom stereocenters. The van der Waals surface area contributed by atoms with Gasteiger partial charge in [-0.25, -0.2) is 4.79 Å². The molecule has 0 aromatic heterocycles. The predicted molar refractivity (Wildman–Crippen MR) is 68.4 cm³/mol. The van der Waals surface area contributed by atoms with Crippen LogP contribution in [0.4, 0.5) is 4.79 Å². The van der Waals surface area contributed by atoms with E-state index in [4.69, 9.17) is 4.74 Å². The van der Waals surface area contributed by atoms with Crippen molar-refractivity contribution in [1.82, 2.24) is 10.6 Å². The van der Waals surface area contributed by atoms with Crippen LogP contribution in [-0.4, -0.2) is 41.5 Å². The lowest BCUT2D eigenvalue weighted by atomic mass is 9.80. The second kappa shape index (κ2) is 5.45. The average Bonchev–Trinajstić information content (AvgIpc) is 2.22. The van der Waals surface area contributed by atoms with Gasteiger partial charge in [0.15, 0.2) is 0 Å². The Bertz CT molecular complexity index is 295. The standard InChI is InChI=1S/C13H24N2O3/c1-9-6-11(7-10(2)18-9)15-12(16)14-8-13(17)4-3-5-13/h9-11,17H,3-8H2,1-2H3,(H2,14,15,16). The molecule has 104 valence electrons. The Morgan fingerprint density at radius 2 is 1.94 bits per heavy atom. The van der Waals surface area contributed by atoms with E-state index in [0.717, 1.165) is 32.1 Å². The minimum Gasteiger partial charge on any atom is -0.388 e. The van der Waals surface area contributed by atoms with Gasteiger partial charge in [-0.3, -0.25) is 0 Å². The number of ether oxygens (including phenoxy) is 1. The molecule has 2 fully saturated rings. The third kappa shape index (κ3) is 3.59. The summed E-state index contributed by atoms with van der Waals surface area (Å²) in [6.45, 7) is 4.41. The third-order valence-corrected chi connectivity index (χ3v) is 3.89. The highest BCUT2D eigenvalue weighted by Crippen LogP contribution is 2.30. The number of rotatable bonds is 3. The number of hydrogen-bond donors (Lipinski definition) is 3. The fourth-order valence-electron chi connectivity index (χ4n) is 2.77. The van der Waals surface area contributed by atoms with E-state index in [0.29, 0.717) is 6.54 Å². The van der Waals surface area contributed by atoms with Crippen LogP contribution < -0.4 is 10.6 Å². The summed E-state index contributed by atoms with van der Waals surface area (Å²) in [5, 5.41) is 15.6. The lowest BCUT2D eigenvalue weighted by Gasteiger charge is -2.37. The summed E-state index contributed by atoms with van der Waals surface area (Å²) in [4.78, 5) is 11.7. The highest BCUT2D eigenvalue weighted by molar-refractivity contribution is 5.74. The van der Waals surface area contributed by atoms with Gasteiger partial charge in [-0.15, -0.1) is 0 Å². The van der Waals surface area contributed by atoms with Gasteiger partial charge >= 0.3 is 6.03 Å². The highest BCUT2D eigenvalue weighted by Gasteiger charge is 2.34. The summed E-state index contributed by atoms with van der Waals surface area (Å²) in [5.74, 6) is 0. The van der Waals surface area contributed by atoms with Crippen molar-refractivity contribution in [1.29, 1.82) is 0 Å². The van der Waals surface area contributed by atoms with Crippen LogP contribution in [0.2, 0.25) is 0 Å². The number of aliphatic hydroxyl groups is 1. The van der Waals surface area contributed by atoms with Gasteiger partial charge in [0.1, 0.15) is 0 Å². The van der Waals surface area contributed by atoms with Crippen LogP contribution in [0, 0.1) is 0 Å². The van der Waals surface area contributed by atoms with Gasteiger partial charge in [0.05, 0.1) is 17.8 Å². The summed E-state index contributed by atoms with van der Waals surface area (Å²) >= 11 is 0. The van der Waals surface area contributed by atoms with Crippen LogP contribution >= 0.6 is 0 Å². The topological polar surface area (TPSA) is 70.6 Å². The molecular weight excluding hydrogens is 232 g/mol. The van der Waals surface area contributed by atoms with Gasteiger partial charge in [-0.05, 0) is 46.0 Å². The maximum Gasteiger partial charge on any atom is 0.315 e. The molecule has 5 heteroatoms. The maximum atomic E-state index is 11.7. The molecule has 0 radical (unpaired) electrons. The molecule has 2 rings (SSSR count). The van der Waals surface area contributed by atoms with Gasteiger partial charge in [-0.1, -0.05) is 0 Å². The molecule has 1 saturated carbocycles. The molecule has 5 nitrogen and oxygen atoms in total. The van der Waals surface area contributed by atoms with Gasteiger partial charge in [0.25, 0.3) is 0 Å². The molecule has 2 aliphatic rings. The van der Waals surface area contributed by atoms with Crippen molar-refractivity contribution in [3.05, 3.63) is 0 Å². The first kappa shape index (κ1) is 13.6. The zero-order valence-electron chi connectivity index (χ0n) is 11.2. The summed E-state index contributed by atoms with van der Waals surface area (Å²) in [6, 6.07) is -0.0126. The Kier molecular flexibility index (Phi) is 4.12. The van der Waals surface area contributed by atoms with E-state index in [9.17, 15) is 9.90 Å². The predicted octanol–water partition coefficient (Wildman–Crippen LogP) is 1.16. The largest absolute Gasteiger partial charge is 0.388 e. The first-order valence-corrected chi connectivity index (χ1v) is 6.89. The monoisotopic (exact) mass is 256 g/mol. The smallest absolute Gasteiger partial charge is 0.315 e. The van der Waals surface area contributed by atoms with Crippen molar-refractivity contribution >= 4 is 6.03 Å². The molecule has 1 saturated heterocycles. The Labute approximate surface area is 108 Å². The summed E-state index contributed by atoms with van der Waals surface area (Å²) in [6.07, 6.45) is 4.71. The Morgan fingerprint density at radius 1 is 1.33 bits per heavy atom. The molecule has 0 bridgehead atoms. The molecule has 2 unspecified atom stereocenters. The molecule has 0 aromatic rings. The maximum absolute atomic E-state index is 11.7. The Hall–Kier alpha value is -0.810. The zero-order valence-corrected chi connectivity index (χ0v) is 11.2. The van der Waals surface area contributed by atoms with E-state index in [-0.39, 0.29) is 24.3 Å². The number of amides is 2. The Balaban J connectivity index is 1.70. The van der Waals surface area contributed by atoms with Crippen LogP contribution in [0.5, 0.6) is 0 Å². The van der Waals surface area contributed by atoms with Crippen LogP contribution in [0.15, 0.2) is 0 Å². The van der Waals surface area contributed by atoms with Crippen LogP contribution in [-0.2, 0) is 4.74 Å². The van der Waals surface area contributed by atoms with E-state index >= 15 is 0 Å². The van der Waals surface area contributed by atoms with E-state index in [1.54, 1.807) is 0 Å². The van der Waals surface area contributed by atoms with Crippen molar-refractivity contribution in [2.75, 3.05) is 6.54 Å². The summed E-state index contributed by atoms with van der Waals surface area (Å²) < 4.78 is 5.63. The molecule has 2 amide bonds. The van der Waals surface area contributed by atoms with Crippen LogP contribution in [0.1, 0.15) is 46.0 Å². The zero-order chi connectivity index (χ0) is 13.2. The van der Waals surface area contributed by atoms with Gasteiger partial charge in [-0.2, -0.15) is 0 Å². The number of carbonyl (C=O) groups excluding carboxylic acids is 1. The minimum atomic E-state index is -0.659. The molecule has 1 aliphatic heterocycles. The second-order valence-electron chi connectivity index (χ2n) is 5.83. The molecule has 3 N–H and O–H groups in total. The average molecular weight is 256 g/mol. The molecule has 18 heavy (non-hydrogen) atoms. The van der Waals surface area contributed by atoms with Crippen LogP contribution in [0.25, 0.3) is 0 Å². The van der Waals surface area contributed by atoms with Crippen molar-refractivity contribution in [2.24, 2.45) is 0 Å². The van der Waals surface area contributed by atoms with Crippen LogP contribution in [0.3, 0.4) is 0 Å². The van der Waals surface area contributed by atoms with Crippen molar-refractivity contribution < 1.29 is 14.6 Å². The van der Waals surface area contributed by atoms with Gasteiger partial charge in [0.2, 0.25) is 0 Å². The first-order chi connectivity index (χ1) is 8.47. The third-order valence-electron chi connectivity index (χ3n) is 3.89. The van der Waals surface area contributed by atoms with Crippen molar-refractivity contribution in [3.8, 4) is 0 Å². The number of nitrogens with one attached hydrogen (secondary N) is 2. The quantitative estimate of drug-likeness (QED) is 0.709. The number of hydrogen-bond acceptors (Lipinski definition) is 3. The fourth-order valence-corrected chi connectivity index (χ4v) is 2.77. The van der Waals surface area contributed by atoms with Crippen molar-refractivity contribution in [2.45, 2.75) is 69.8 Å². The summed E-state index contributed by atoms with van der Waals surface area (Å²) in [5.41, 5.74) is -0.659. The van der Waals surface area contributed by atoms with Crippen molar-refractivity contribution in [3.63, 3.8) is 0 Å². The molecule has 0 aromatic carbocycles. The lowest BCUT2D eigenvalue weighted by molar-refractivity contribution is -0.0412. The number of carbonyl (C=O) groups is 1. The van der Waals surface area contributed by atoms with E-state index < -0.39 is 5.60 Å².